The van der Waals surface area contributed by atoms with Crippen LogP contribution in [-0.2, 0) is 6.42 Å². The molecule has 1 aliphatic rings. The van der Waals surface area contributed by atoms with Crippen LogP contribution in [-0.4, -0.2) is 12.2 Å². The predicted molar refractivity (Wildman–Crippen MR) is 80.5 cm³/mol. The molecule has 0 radical (unpaired) electrons. The van der Waals surface area contributed by atoms with Gasteiger partial charge in [-0.2, -0.15) is 0 Å². The van der Waals surface area contributed by atoms with Crippen molar-refractivity contribution >= 4 is 5.69 Å². The molecule has 2 aromatic carbocycles. The minimum absolute atomic E-state index is 0.280. The van der Waals surface area contributed by atoms with E-state index < -0.39 is 0 Å². The van der Waals surface area contributed by atoms with E-state index in [9.17, 15) is 5.11 Å². The maximum Gasteiger partial charge on any atom is 0.120 e. The van der Waals surface area contributed by atoms with Crippen molar-refractivity contribution in [3.8, 4) is 11.5 Å². The van der Waals surface area contributed by atoms with Gasteiger partial charge in [-0.3, -0.25) is 0 Å². The van der Waals surface area contributed by atoms with E-state index in [0.717, 1.165) is 29.8 Å². The van der Waals surface area contributed by atoms with Gasteiger partial charge in [-0.15, -0.1) is 0 Å². The molecule has 104 valence electrons. The fraction of sp³-hybridized carbons (Fsp3) is 0.294. The van der Waals surface area contributed by atoms with Gasteiger partial charge in [0.1, 0.15) is 11.5 Å². The molecule has 3 nitrogen and oxygen atoms in total. The first-order chi connectivity index (χ1) is 9.67. The molecule has 0 bridgehead atoms. The van der Waals surface area contributed by atoms with E-state index in [1.54, 1.807) is 13.2 Å². The molecular formula is C17H19NO2. The van der Waals surface area contributed by atoms with Gasteiger partial charge in [-0.05, 0) is 54.7 Å². The maximum absolute atomic E-state index is 9.79. The van der Waals surface area contributed by atoms with Crippen LogP contribution in [0.4, 0.5) is 5.69 Å². The minimum Gasteiger partial charge on any atom is -0.508 e. The van der Waals surface area contributed by atoms with Crippen LogP contribution in [0.5, 0.6) is 11.5 Å². The van der Waals surface area contributed by atoms with Crippen LogP contribution in [0.2, 0.25) is 0 Å². The lowest BCUT2D eigenvalue weighted by Crippen LogP contribution is -2.07. The molecule has 2 aromatic rings. The van der Waals surface area contributed by atoms with Gasteiger partial charge < -0.3 is 15.2 Å². The second-order valence-electron chi connectivity index (χ2n) is 5.30. The highest BCUT2D eigenvalue weighted by Crippen LogP contribution is 2.36. The van der Waals surface area contributed by atoms with Gasteiger partial charge in [0.25, 0.3) is 0 Å². The van der Waals surface area contributed by atoms with Crippen molar-refractivity contribution in [2.45, 2.75) is 25.8 Å². The van der Waals surface area contributed by atoms with E-state index in [1.807, 2.05) is 25.1 Å². The van der Waals surface area contributed by atoms with Crippen LogP contribution in [0.15, 0.2) is 36.4 Å². The molecule has 1 atom stereocenters. The highest BCUT2D eigenvalue weighted by molar-refractivity contribution is 5.54. The Morgan fingerprint density at radius 3 is 2.80 bits per heavy atom. The van der Waals surface area contributed by atoms with Crippen molar-refractivity contribution in [3.05, 3.63) is 53.1 Å². The lowest BCUT2D eigenvalue weighted by atomic mass is 10.1. The zero-order valence-electron chi connectivity index (χ0n) is 11.8. The van der Waals surface area contributed by atoms with E-state index in [0.29, 0.717) is 5.75 Å². The Morgan fingerprint density at radius 1 is 1.20 bits per heavy atom. The van der Waals surface area contributed by atoms with Crippen LogP contribution >= 0.6 is 0 Å². The molecular weight excluding hydrogens is 250 g/mol. The number of phenolic OH excluding ortho intramolecular Hbond substituents is 1. The third-order valence-corrected chi connectivity index (χ3v) is 3.98. The third kappa shape index (κ3) is 2.31. The van der Waals surface area contributed by atoms with Gasteiger partial charge >= 0.3 is 0 Å². The van der Waals surface area contributed by atoms with Crippen molar-refractivity contribution in [2.75, 3.05) is 12.4 Å². The van der Waals surface area contributed by atoms with Gasteiger partial charge in [0.15, 0.2) is 0 Å². The summed E-state index contributed by atoms with van der Waals surface area (Å²) < 4.78 is 5.31. The minimum atomic E-state index is 0.280. The van der Waals surface area contributed by atoms with Crippen molar-refractivity contribution < 1.29 is 9.84 Å². The molecule has 0 heterocycles. The Kier molecular flexibility index (Phi) is 3.26. The van der Waals surface area contributed by atoms with Gasteiger partial charge in [-0.25, -0.2) is 0 Å². The summed E-state index contributed by atoms with van der Waals surface area (Å²) in [6.07, 6.45) is 2.14. The highest BCUT2D eigenvalue weighted by Gasteiger charge is 2.22. The SMILES string of the molecule is COc1ccc2c(c1)C(Nc1ccc(C)c(O)c1)CC2. The maximum atomic E-state index is 9.79. The zero-order valence-corrected chi connectivity index (χ0v) is 11.8. The average molecular weight is 269 g/mol. The molecule has 0 saturated heterocycles. The number of hydrogen-bond donors (Lipinski definition) is 2. The second-order valence-corrected chi connectivity index (χ2v) is 5.30. The number of rotatable bonds is 3. The van der Waals surface area contributed by atoms with Crippen LogP contribution in [0.25, 0.3) is 0 Å². The van der Waals surface area contributed by atoms with E-state index in [-0.39, 0.29) is 6.04 Å². The summed E-state index contributed by atoms with van der Waals surface area (Å²) >= 11 is 0. The number of benzene rings is 2. The Balaban J connectivity index is 1.85. The lowest BCUT2D eigenvalue weighted by Gasteiger charge is -2.16. The van der Waals surface area contributed by atoms with Gasteiger partial charge in [0, 0.05) is 11.8 Å². The Bertz CT molecular complexity index is 637. The molecule has 0 aliphatic heterocycles. The summed E-state index contributed by atoms with van der Waals surface area (Å²) in [5.74, 6) is 1.23. The molecule has 1 aliphatic carbocycles. The van der Waals surface area contributed by atoms with Gasteiger partial charge in [0.05, 0.1) is 13.2 Å². The number of phenols is 1. The summed E-state index contributed by atoms with van der Waals surface area (Å²) in [6, 6.07) is 12.3. The monoisotopic (exact) mass is 269 g/mol. The number of ether oxygens (including phenoxy) is 1. The first kappa shape index (κ1) is 12.9. The summed E-state index contributed by atoms with van der Waals surface area (Å²) in [5.41, 5.74) is 4.52. The first-order valence-corrected chi connectivity index (χ1v) is 6.90. The number of methoxy groups -OCH3 is 1. The van der Waals surface area contributed by atoms with Gasteiger partial charge in [0.2, 0.25) is 0 Å². The Morgan fingerprint density at radius 2 is 2.05 bits per heavy atom. The van der Waals surface area contributed by atoms with Crippen LogP contribution in [0.3, 0.4) is 0 Å². The molecule has 3 heteroatoms. The fourth-order valence-corrected chi connectivity index (χ4v) is 2.76. The van der Waals surface area contributed by atoms with E-state index in [4.69, 9.17) is 4.74 Å². The highest BCUT2D eigenvalue weighted by atomic mass is 16.5. The number of aromatic hydroxyl groups is 1. The second kappa shape index (κ2) is 5.08. The normalized spacial score (nSPS) is 16.8. The molecule has 0 amide bonds. The molecule has 0 fully saturated rings. The number of hydrogen-bond acceptors (Lipinski definition) is 3. The van der Waals surface area contributed by atoms with Crippen molar-refractivity contribution in [1.29, 1.82) is 0 Å². The van der Waals surface area contributed by atoms with Crippen molar-refractivity contribution in [3.63, 3.8) is 0 Å². The summed E-state index contributed by atoms with van der Waals surface area (Å²) in [4.78, 5) is 0. The smallest absolute Gasteiger partial charge is 0.120 e. The largest absolute Gasteiger partial charge is 0.508 e. The molecule has 2 N–H and O–H groups in total. The zero-order chi connectivity index (χ0) is 14.1. The Labute approximate surface area is 119 Å². The summed E-state index contributed by atoms with van der Waals surface area (Å²) in [5, 5.41) is 13.3. The predicted octanol–water partition coefficient (Wildman–Crippen LogP) is 3.81. The first-order valence-electron chi connectivity index (χ1n) is 6.90. The number of aryl methyl sites for hydroxylation is 2. The molecule has 3 rings (SSSR count). The number of fused-ring (bicyclic) bond motifs is 1. The summed E-state index contributed by atoms with van der Waals surface area (Å²) in [6.45, 7) is 1.90. The third-order valence-electron chi connectivity index (χ3n) is 3.98. The number of anilines is 1. The Hall–Kier alpha value is -2.16. The average Bonchev–Trinajstić information content (AvgIpc) is 2.85. The lowest BCUT2D eigenvalue weighted by molar-refractivity contribution is 0.414. The van der Waals surface area contributed by atoms with Crippen molar-refractivity contribution in [2.24, 2.45) is 0 Å². The molecule has 0 spiro atoms. The fourth-order valence-electron chi connectivity index (χ4n) is 2.76. The van der Waals surface area contributed by atoms with Crippen LogP contribution < -0.4 is 10.1 Å². The van der Waals surface area contributed by atoms with Gasteiger partial charge in [-0.1, -0.05) is 12.1 Å². The topological polar surface area (TPSA) is 41.5 Å². The van der Waals surface area contributed by atoms with Crippen LogP contribution in [0.1, 0.15) is 29.2 Å². The molecule has 20 heavy (non-hydrogen) atoms. The van der Waals surface area contributed by atoms with Crippen LogP contribution in [0, 0.1) is 6.92 Å². The van der Waals surface area contributed by atoms with E-state index in [1.165, 1.54) is 11.1 Å². The standard InChI is InChI=1S/C17H19NO2/c1-11-3-6-13(9-17(11)19)18-16-8-5-12-4-7-14(20-2)10-15(12)16/h3-4,6-7,9-10,16,18-19H,5,8H2,1-2H3. The quantitative estimate of drug-likeness (QED) is 0.890. The molecule has 0 aromatic heterocycles. The number of nitrogens with one attached hydrogen (secondary N) is 1. The molecule has 1 unspecified atom stereocenters. The molecule has 0 saturated carbocycles. The van der Waals surface area contributed by atoms with E-state index in [2.05, 4.69) is 17.4 Å². The van der Waals surface area contributed by atoms with Crippen molar-refractivity contribution in [1.82, 2.24) is 0 Å². The summed E-state index contributed by atoms with van der Waals surface area (Å²) in [7, 11) is 1.69. The van der Waals surface area contributed by atoms with E-state index >= 15 is 0 Å².